The third-order valence-corrected chi connectivity index (χ3v) is 9.46. The summed E-state index contributed by atoms with van der Waals surface area (Å²) in [5.74, 6) is 1.87. The van der Waals surface area contributed by atoms with Crippen LogP contribution in [0.25, 0.3) is 0 Å². The lowest BCUT2D eigenvalue weighted by molar-refractivity contribution is -0.127. The Morgan fingerprint density at radius 2 is 1.79 bits per heavy atom. The minimum atomic E-state index is -3.71. The van der Waals surface area contributed by atoms with Crippen molar-refractivity contribution in [1.29, 1.82) is 0 Å². The maximum Gasteiger partial charge on any atom is 0.243 e. The molecule has 4 bridgehead atoms. The summed E-state index contributed by atoms with van der Waals surface area (Å²) < 4.78 is 40.4. The first-order valence-corrected chi connectivity index (χ1v) is 12.3. The van der Waals surface area contributed by atoms with Gasteiger partial charge in [-0.1, -0.05) is 6.07 Å². The van der Waals surface area contributed by atoms with Crippen molar-refractivity contribution in [2.45, 2.75) is 61.8 Å². The summed E-state index contributed by atoms with van der Waals surface area (Å²) in [4.78, 5) is 12.8. The van der Waals surface area contributed by atoms with Crippen LogP contribution in [0.3, 0.4) is 0 Å². The van der Waals surface area contributed by atoms with Crippen LogP contribution >= 0.6 is 0 Å². The molecule has 0 radical (unpaired) electrons. The summed E-state index contributed by atoms with van der Waals surface area (Å²) in [5, 5.41) is 3.39. The van der Waals surface area contributed by atoms with Crippen molar-refractivity contribution in [3.05, 3.63) is 30.1 Å². The van der Waals surface area contributed by atoms with E-state index >= 15 is 0 Å². The van der Waals surface area contributed by atoms with Crippen LogP contribution in [-0.2, 0) is 14.8 Å². The second-order valence-corrected chi connectivity index (χ2v) is 11.9. The van der Waals surface area contributed by atoms with Gasteiger partial charge in [0.15, 0.2) is 0 Å². The Kier molecular flexibility index (Phi) is 4.74. The summed E-state index contributed by atoms with van der Waals surface area (Å²) in [5.41, 5.74) is -0.00222. The Hall–Kier alpha value is -1.47. The van der Waals surface area contributed by atoms with E-state index in [-0.39, 0.29) is 22.3 Å². The largest absolute Gasteiger partial charge is 0.351 e. The molecule has 1 N–H and O–H groups in total. The van der Waals surface area contributed by atoms with Gasteiger partial charge < -0.3 is 5.32 Å². The molecule has 1 aromatic carbocycles. The molecule has 5 aliphatic rings. The minimum absolute atomic E-state index is 0.00222. The number of carbonyl (C=O) groups excluding carboxylic acids is 1. The number of hydrogen-bond acceptors (Lipinski definition) is 3. The molecular weight excluding hydrogens is 391 g/mol. The number of amides is 1. The van der Waals surface area contributed by atoms with E-state index in [2.05, 4.69) is 5.32 Å². The maximum absolute atomic E-state index is 13.5. The molecule has 29 heavy (non-hydrogen) atoms. The molecule has 1 heterocycles. The monoisotopic (exact) mass is 420 g/mol. The van der Waals surface area contributed by atoms with E-state index in [9.17, 15) is 17.6 Å². The summed E-state index contributed by atoms with van der Waals surface area (Å²) >= 11 is 0. The second-order valence-electron chi connectivity index (χ2n) is 9.93. The highest BCUT2D eigenvalue weighted by atomic mass is 32.2. The molecular formula is C22H29FN2O3S. The van der Waals surface area contributed by atoms with Gasteiger partial charge >= 0.3 is 0 Å². The van der Waals surface area contributed by atoms with E-state index in [1.165, 1.54) is 41.8 Å². The van der Waals surface area contributed by atoms with Gasteiger partial charge in [0, 0.05) is 25.0 Å². The first kappa shape index (κ1) is 19.5. The van der Waals surface area contributed by atoms with E-state index in [4.69, 9.17) is 0 Å². The van der Waals surface area contributed by atoms with Crippen molar-refractivity contribution in [1.82, 2.24) is 9.62 Å². The molecule has 7 heteroatoms. The van der Waals surface area contributed by atoms with Crippen LogP contribution in [0.15, 0.2) is 29.2 Å². The first-order chi connectivity index (χ1) is 13.8. The molecule has 1 atom stereocenters. The van der Waals surface area contributed by atoms with Crippen molar-refractivity contribution in [2.24, 2.45) is 23.7 Å². The van der Waals surface area contributed by atoms with Crippen molar-refractivity contribution in [3.63, 3.8) is 0 Å². The molecule has 1 aromatic rings. The lowest BCUT2D eigenvalue weighted by atomic mass is 9.53. The average Bonchev–Trinajstić information content (AvgIpc) is 3.09. The Morgan fingerprint density at radius 1 is 1.14 bits per heavy atom. The van der Waals surface area contributed by atoms with E-state index in [0.29, 0.717) is 25.9 Å². The second kappa shape index (κ2) is 7.05. The van der Waals surface area contributed by atoms with Gasteiger partial charge in [0.05, 0.1) is 4.90 Å². The van der Waals surface area contributed by atoms with Crippen LogP contribution in [0.1, 0.15) is 51.4 Å². The van der Waals surface area contributed by atoms with Crippen molar-refractivity contribution < 1.29 is 17.6 Å². The topological polar surface area (TPSA) is 66.5 Å². The SMILES string of the molecule is O=C(CC1CCN(S(=O)(=O)c2cccc(F)c2)C1)NC12CC3CC(CC(C3)C1)C2. The number of carbonyl (C=O) groups is 1. The van der Waals surface area contributed by atoms with E-state index < -0.39 is 15.8 Å². The number of nitrogens with one attached hydrogen (secondary N) is 1. The number of benzene rings is 1. The lowest BCUT2D eigenvalue weighted by Crippen LogP contribution is -2.60. The van der Waals surface area contributed by atoms with E-state index in [1.807, 2.05) is 0 Å². The molecule has 5 fully saturated rings. The maximum atomic E-state index is 13.5. The average molecular weight is 421 g/mol. The molecule has 0 spiro atoms. The van der Waals surface area contributed by atoms with Gasteiger partial charge in [-0.3, -0.25) is 4.79 Å². The summed E-state index contributed by atoms with van der Waals surface area (Å²) in [6.07, 6.45) is 8.42. The lowest BCUT2D eigenvalue weighted by Gasteiger charge is -2.57. The molecule has 1 saturated heterocycles. The zero-order chi connectivity index (χ0) is 20.2. The van der Waals surface area contributed by atoms with Crippen molar-refractivity contribution >= 4 is 15.9 Å². The van der Waals surface area contributed by atoms with Gasteiger partial charge in [0.1, 0.15) is 5.82 Å². The quantitative estimate of drug-likeness (QED) is 0.795. The Labute approximate surface area is 172 Å². The molecule has 0 aromatic heterocycles. The number of hydrogen-bond donors (Lipinski definition) is 1. The molecule has 4 saturated carbocycles. The van der Waals surface area contributed by atoms with Gasteiger partial charge in [-0.2, -0.15) is 4.31 Å². The van der Waals surface area contributed by atoms with Crippen molar-refractivity contribution in [2.75, 3.05) is 13.1 Å². The fraction of sp³-hybridized carbons (Fsp3) is 0.682. The third-order valence-electron chi connectivity index (χ3n) is 7.60. The predicted molar refractivity (Wildman–Crippen MR) is 107 cm³/mol. The van der Waals surface area contributed by atoms with Crippen LogP contribution in [0.4, 0.5) is 4.39 Å². The molecule has 158 valence electrons. The fourth-order valence-electron chi connectivity index (χ4n) is 6.83. The highest BCUT2D eigenvalue weighted by Crippen LogP contribution is 2.55. The van der Waals surface area contributed by atoms with Crippen LogP contribution < -0.4 is 5.32 Å². The molecule has 1 unspecified atom stereocenters. The number of sulfonamides is 1. The first-order valence-electron chi connectivity index (χ1n) is 10.9. The normalized spacial score (nSPS) is 36.4. The smallest absolute Gasteiger partial charge is 0.243 e. The van der Waals surface area contributed by atoms with Gasteiger partial charge in [-0.05, 0) is 86.8 Å². The third kappa shape index (κ3) is 3.72. The Balaban J connectivity index is 1.20. The highest BCUT2D eigenvalue weighted by molar-refractivity contribution is 7.89. The Morgan fingerprint density at radius 3 is 2.41 bits per heavy atom. The van der Waals surface area contributed by atoms with Crippen LogP contribution in [-0.4, -0.2) is 37.3 Å². The van der Waals surface area contributed by atoms with E-state index in [1.54, 1.807) is 0 Å². The van der Waals surface area contributed by atoms with Gasteiger partial charge in [-0.15, -0.1) is 0 Å². The molecule has 1 aliphatic heterocycles. The van der Waals surface area contributed by atoms with Gasteiger partial charge in [0.2, 0.25) is 15.9 Å². The highest BCUT2D eigenvalue weighted by Gasteiger charge is 2.51. The van der Waals surface area contributed by atoms with E-state index in [0.717, 1.165) is 43.1 Å². The number of nitrogens with zero attached hydrogens (tertiary/aromatic N) is 1. The van der Waals surface area contributed by atoms with Crippen LogP contribution in [0.5, 0.6) is 0 Å². The summed E-state index contributed by atoms with van der Waals surface area (Å²) in [6, 6.07) is 5.13. The molecule has 4 aliphatic carbocycles. The van der Waals surface area contributed by atoms with Crippen LogP contribution in [0.2, 0.25) is 0 Å². The zero-order valence-electron chi connectivity index (χ0n) is 16.6. The molecule has 1 amide bonds. The predicted octanol–water partition coefficient (Wildman–Crippen LogP) is 3.31. The molecule has 5 nitrogen and oxygen atoms in total. The Bertz CT molecular complexity index is 881. The molecule has 6 rings (SSSR count). The van der Waals surface area contributed by atoms with Gasteiger partial charge in [-0.25, -0.2) is 12.8 Å². The minimum Gasteiger partial charge on any atom is -0.351 e. The van der Waals surface area contributed by atoms with Crippen molar-refractivity contribution in [3.8, 4) is 0 Å². The fourth-order valence-corrected chi connectivity index (χ4v) is 8.39. The number of rotatable bonds is 5. The number of halogens is 1. The summed E-state index contributed by atoms with van der Waals surface area (Å²) in [6.45, 7) is 0.710. The van der Waals surface area contributed by atoms with Crippen LogP contribution in [0, 0.1) is 29.5 Å². The standard InChI is InChI=1S/C22H29FN2O3S/c23-19-2-1-3-20(10-19)29(27,28)25-5-4-15(14-25)9-21(26)24-22-11-16-6-17(12-22)8-18(7-16)13-22/h1-3,10,15-18H,4-9,11-14H2,(H,24,26). The van der Waals surface area contributed by atoms with Gasteiger partial charge in [0.25, 0.3) is 0 Å². The summed E-state index contributed by atoms with van der Waals surface area (Å²) in [7, 11) is -3.71. The zero-order valence-corrected chi connectivity index (χ0v) is 17.5.